The van der Waals surface area contributed by atoms with E-state index in [4.69, 9.17) is 10.5 Å². The third-order valence-electron chi connectivity index (χ3n) is 2.53. The number of likely N-dealkylation sites (N-methyl/N-ethyl adjacent to an activating group) is 1. The Morgan fingerprint density at radius 2 is 1.71 bits per heavy atom. The fourth-order valence-corrected chi connectivity index (χ4v) is 1.54. The lowest BCUT2D eigenvalue weighted by atomic mass is 9.92. The molecule has 3 nitrogen and oxygen atoms in total. The molecule has 1 atom stereocenters. The van der Waals surface area contributed by atoms with Crippen molar-refractivity contribution in [2.75, 3.05) is 33.9 Å². The Kier molecular flexibility index (Phi) is 5.06. The first-order valence-electron chi connectivity index (χ1n) is 5.15. The zero-order valence-corrected chi connectivity index (χ0v) is 10.6. The van der Waals surface area contributed by atoms with Crippen LogP contribution in [0.4, 0.5) is 0 Å². The lowest BCUT2D eigenvalue weighted by molar-refractivity contribution is 0.0258. The molecule has 86 valence electrons. The van der Waals surface area contributed by atoms with Crippen molar-refractivity contribution in [1.82, 2.24) is 4.90 Å². The highest BCUT2D eigenvalue weighted by Gasteiger charge is 2.30. The first kappa shape index (κ1) is 13.9. The molecule has 0 rings (SSSR count). The van der Waals surface area contributed by atoms with Crippen LogP contribution < -0.4 is 5.73 Å². The zero-order valence-electron chi connectivity index (χ0n) is 10.6. The summed E-state index contributed by atoms with van der Waals surface area (Å²) in [6.07, 6.45) is 0. The molecule has 3 heteroatoms. The van der Waals surface area contributed by atoms with Crippen LogP contribution in [0.25, 0.3) is 0 Å². The average Bonchev–Trinajstić information content (AvgIpc) is 2.01. The summed E-state index contributed by atoms with van der Waals surface area (Å²) in [5.41, 5.74) is 6.03. The van der Waals surface area contributed by atoms with Gasteiger partial charge in [-0.1, -0.05) is 20.8 Å². The van der Waals surface area contributed by atoms with Gasteiger partial charge in [-0.05, 0) is 19.4 Å². The van der Waals surface area contributed by atoms with E-state index in [1.54, 1.807) is 7.11 Å². The first-order chi connectivity index (χ1) is 6.25. The van der Waals surface area contributed by atoms with E-state index in [1.165, 1.54) is 0 Å². The Balaban J connectivity index is 4.37. The standard InChI is InChI=1S/C11H26N2O/c1-10(2,3)8-13(5)11(4,7-12)9-14-6/h7-9,12H2,1-6H3. The molecule has 0 amide bonds. The number of methoxy groups -OCH3 is 1. The fraction of sp³-hybridized carbons (Fsp3) is 1.00. The minimum atomic E-state index is -0.0535. The van der Waals surface area contributed by atoms with Gasteiger partial charge in [0.1, 0.15) is 0 Å². The molecule has 0 aliphatic carbocycles. The Hall–Kier alpha value is -0.120. The third kappa shape index (κ3) is 4.40. The summed E-state index contributed by atoms with van der Waals surface area (Å²) in [7, 11) is 3.83. The molecule has 2 N–H and O–H groups in total. The third-order valence-corrected chi connectivity index (χ3v) is 2.53. The highest BCUT2D eigenvalue weighted by molar-refractivity contribution is 4.87. The van der Waals surface area contributed by atoms with Crippen LogP contribution in [0.5, 0.6) is 0 Å². The van der Waals surface area contributed by atoms with Crippen LogP contribution in [0.15, 0.2) is 0 Å². The monoisotopic (exact) mass is 202 g/mol. The van der Waals surface area contributed by atoms with E-state index < -0.39 is 0 Å². The minimum Gasteiger partial charge on any atom is -0.383 e. The second-order valence-corrected chi connectivity index (χ2v) is 5.55. The summed E-state index contributed by atoms with van der Waals surface area (Å²) in [5, 5.41) is 0. The van der Waals surface area contributed by atoms with Crippen LogP contribution in [0, 0.1) is 5.41 Å². The molecule has 0 aromatic heterocycles. The van der Waals surface area contributed by atoms with Gasteiger partial charge in [-0.15, -0.1) is 0 Å². The predicted octanol–water partition coefficient (Wildman–Crippen LogP) is 1.33. The van der Waals surface area contributed by atoms with Crippen molar-refractivity contribution in [1.29, 1.82) is 0 Å². The SMILES string of the molecule is COCC(C)(CN)N(C)CC(C)(C)C. The van der Waals surface area contributed by atoms with Gasteiger partial charge in [0, 0.05) is 20.2 Å². The molecule has 0 saturated carbocycles. The van der Waals surface area contributed by atoms with Crippen LogP contribution in [-0.4, -0.2) is 44.3 Å². The van der Waals surface area contributed by atoms with Crippen molar-refractivity contribution in [2.45, 2.75) is 33.2 Å². The van der Waals surface area contributed by atoms with Crippen molar-refractivity contribution >= 4 is 0 Å². The first-order valence-corrected chi connectivity index (χ1v) is 5.15. The summed E-state index contributed by atoms with van der Waals surface area (Å²) < 4.78 is 5.21. The summed E-state index contributed by atoms with van der Waals surface area (Å²) in [4.78, 5) is 2.29. The molecule has 0 aliphatic rings. The van der Waals surface area contributed by atoms with Crippen LogP contribution >= 0.6 is 0 Å². The van der Waals surface area contributed by atoms with Gasteiger partial charge in [0.15, 0.2) is 0 Å². The smallest absolute Gasteiger partial charge is 0.0656 e. The van der Waals surface area contributed by atoms with Gasteiger partial charge >= 0.3 is 0 Å². The van der Waals surface area contributed by atoms with E-state index >= 15 is 0 Å². The lowest BCUT2D eigenvalue weighted by Gasteiger charge is -2.40. The molecule has 0 heterocycles. The molecule has 0 bridgehead atoms. The molecule has 1 unspecified atom stereocenters. The normalized spacial score (nSPS) is 17.1. The number of hydrogen-bond acceptors (Lipinski definition) is 3. The van der Waals surface area contributed by atoms with Gasteiger partial charge in [-0.2, -0.15) is 0 Å². The van der Waals surface area contributed by atoms with Gasteiger partial charge in [0.05, 0.1) is 12.1 Å². The highest BCUT2D eigenvalue weighted by atomic mass is 16.5. The number of nitrogens with zero attached hydrogens (tertiary/aromatic N) is 1. The van der Waals surface area contributed by atoms with Crippen molar-refractivity contribution in [3.8, 4) is 0 Å². The zero-order chi connectivity index (χ0) is 11.4. The van der Waals surface area contributed by atoms with E-state index in [0.29, 0.717) is 18.6 Å². The van der Waals surface area contributed by atoms with Gasteiger partial charge in [0.25, 0.3) is 0 Å². The van der Waals surface area contributed by atoms with Crippen molar-refractivity contribution in [3.05, 3.63) is 0 Å². The van der Waals surface area contributed by atoms with Crippen LogP contribution in [0.2, 0.25) is 0 Å². The molecule has 0 saturated heterocycles. The van der Waals surface area contributed by atoms with Crippen LogP contribution in [-0.2, 0) is 4.74 Å². The van der Waals surface area contributed by atoms with Crippen molar-refractivity contribution < 1.29 is 4.74 Å². The average molecular weight is 202 g/mol. The fourth-order valence-electron chi connectivity index (χ4n) is 1.54. The maximum Gasteiger partial charge on any atom is 0.0656 e. The quantitative estimate of drug-likeness (QED) is 0.731. The summed E-state index contributed by atoms with van der Waals surface area (Å²) in [6.45, 7) is 11.1. The van der Waals surface area contributed by atoms with Gasteiger partial charge in [0.2, 0.25) is 0 Å². The molecule has 14 heavy (non-hydrogen) atoms. The molecular formula is C11H26N2O. The number of nitrogens with two attached hydrogens (primary N) is 1. The van der Waals surface area contributed by atoms with E-state index in [2.05, 4.69) is 39.6 Å². The van der Waals surface area contributed by atoms with Crippen molar-refractivity contribution in [3.63, 3.8) is 0 Å². The maximum atomic E-state index is 5.79. The Morgan fingerprint density at radius 1 is 1.21 bits per heavy atom. The molecule has 0 aromatic rings. The van der Waals surface area contributed by atoms with Crippen LogP contribution in [0.3, 0.4) is 0 Å². The predicted molar refractivity (Wildman–Crippen MR) is 61.4 cm³/mol. The molecule has 0 spiro atoms. The lowest BCUT2D eigenvalue weighted by Crippen LogP contribution is -2.55. The van der Waals surface area contributed by atoms with Crippen molar-refractivity contribution in [2.24, 2.45) is 11.1 Å². The topological polar surface area (TPSA) is 38.5 Å². The van der Waals surface area contributed by atoms with E-state index in [0.717, 1.165) is 6.54 Å². The highest BCUT2D eigenvalue weighted by Crippen LogP contribution is 2.20. The second-order valence-electron chi connectivity index (χ2n) is 5.55. The van der Waals surface area contributed by atoms with E-state index in [9.17, 15) is 0 Å². The van der Waals surface area contributed by atoms with Crippen LogP contribution in [0.1, 0.15) is 27.7 Å². The molecule has 0 fully saturated rings. The molecule has 0 aromatic carbocycles. The number of rotatable bonds is 5. The summed E-state index contributed by atoms with van der Waals surface area (Å²) >= 11 is 0. The Labute approximate surface area is 88.6 Å². The molecular weight excluding hydrogens is 176 g/mol. The summed E-state index contributed by atoms with van der Waals surface area (Å²) in [5.74, 6) is 0. The minimum absolute atomic E-state index is 0.0535. The van der Waals surface area contributed by atoms with Gasteiger partial charge in [-0.25, -0.2) is 0 Å². The van der Waals surface area contributed by atoms with Gasteiger partial charge < -0.3 is 10.5 Å². The Bertz CT molecular complexity index is 165. The summed E-state index contributed by atoms with van der Waals surface area (Å²) in [6, 6.07) is 0. The van der Waals surface area contributed by atoms with E-state index in [1.807, 2.05) is 0 Å². The maximum absolute atomic E-state index is 5.79. The van der Waals surface area contributed by atoms with Gasteiger partial charge in [-0.3, -0.25) is 4.90 Å². The number of ether oxygens (including phenoxy) is 1. The second kappa shape index (κ2) is 5.10. The number of hydrogen-bond donors (Lipinski definition) is 1. The largest absolute Gasteiger partial charge is 0.383 e. The Morgan fingerprint density at radius 3 is 2.00 bits per heavy atom. The van der Waals surface area contributed by atoms with E-state index in [-0.39, 0.29) is 5.54 Å². The molecule has 0 radical (unpaired) electrons. The molecule has 0 aliphatic heterocycles.